The van der Waals surface area contributed by atoms with Gasteiger partial charge in [-0.3, -0.25) is 4.79 Å². The Morgan fingerprint density at radius 1 is 1.29 bits per heavy atom. The van der Waals surface area contributed by atoms with E-state index in [0.717, 1.165) is 24.2 Å². The number of ether oxygens (including phenoxy) is 1. The lowest BCUT2D eigenvalue weighted by molar-refractivity contribution is 0.0508. The van der Waals surface area contributed by atoms with Crippen LogP contribution in [-0.4, -0.2) is 48.7 Å². The SMILES string of the molecule is CCNc1ncc2c(n1)N(C)CCN(c1cccc(COC(C)CC)c1)C2=O. The average molecular weight is 383 g/mol. The number of carbonyl (C=O) groups is 1. The lowest BCUT2D eigenvalue weighted by Crippen LogP contribution is -2.33. The quantitative estimate of drug-likeness (QED) is 0.791. The zero-order chi connectivity index (χ0) is 20.1. The van der Waals surface area contributed by atoms with Gasteiger partial charge in [0.1, 0.15) is 11.4 Å². The summed E-state index contributed by atoms with van der Waals surface area (Å²) in [5, 5.41) is 3.10. The van der Waals surface area contributed by atoms with Crippen LogP contribution in [0.1, 0.15) is 43.1 Å². The fourth-order valence-corrected chi connectivity index (χ4v) is 3.08. The van der Waals surface area contributed by atoms with Gasteiger partial charge in [0.25, 0.3) is 5.91 Å². The van der Waals surface area contributed by atoms with Crippen LogP contribution >= 0.6 is 0 Å². The van der Waals surface area contributed by atoms with Gasteiger partial charge in [0.15, 0.2) is 0 Å². The molecule has 28 heavy (non-hydrogen) atoms. The summed E-state index contributed by atoms with van der Waals surface area (Å²) in [6.07, 6.45) is 2.81. The molecular weight excluding hydrogens is 354 g/mol. The molecule has 0 spiro atoms. The minimum atomic E-state index is -0.0811. The molecule has 1 N–H and O–H groups in total. The van der Waals surface area contributed by atoms with Crippen LogP contribution in [0.5, 0.6) is 0 Å². The van der Waals surface area contributed by atoms with E-state index in [1.807, 2.05) is 43.1 Å². The zero-order valence-electron chi connectivity index (χ0n) is 17.1. The highest BCUT2D eigenvalue weighted by Crippen LogP contribution is 2.27. The van der Waals surface area contributed by atoms with E-state index in [9.17, 15) is 4.79 Å². The topological polar surface area (TPSA) is 70.6 Å². The first kappa shape index (κ1) is 20.1. The van der Waals surface area contributed by atoms with Crippen molar-refractivity contribution in [3.05, 3.63) is 41.6 Å². The van der Waals surface area contributed by atoms with Crippen LogP contribution in [0.4, 0.5) is 17.5 Å². The summed E-state index contributed by atoms with van der Waals surface area (Å²) < 4.78 is 5.84. The summed E-state index contributed by atoms with van der Waals surface area (Å²) in [4.78, 5) is 25.9. The summed E-state index contributed by atoms with van der Waals surface area (Å²) in [6.45, 7) is 8.70. The lowest BCUT2D eigenvalue weighted by atomic mass is 10.1. The first-order valence-electron chi connectivity index (χ1n) is 9.87. The van der Waals surface area contributed by atoms with Gasteiger partial charge >= 0.3 is 0 Å². The minimum absolute atomic E-state index is 0.0811. The van der Waals surface area contributed by atoms with Crippen molar-refractivity contribution in [3.8, 4) is 0 Å². The molecule has 1 amide bonds. The number of nitrogens with one attached hydrogen (secondary N) is 1. The van der Waals surface area contributed by atoms with Crippen molar-refractivity contribution in [2.24, 2.45) is 0 Å². The number of rotatable bonds is 7. The van der Waals surface area contributed by atoms with Crippen LogP contribution in [0.25, 0.3) is 0 Å². The van der Waals surface area contributed by atoms with E-state index < -0.39 is 0 Å². The molecule has 1 aliphatic rings. The summed E-state index contributed by atoms with van der Waals surface area (Å²) in [5.41, 5.74) is 2.44. The van der Waals surface area contributed by atoms with Gasteiger partial charge in [0.05, 0.1) is 12.7 Å². The molecule has 0 saturated carbocycles. The third kappa shape index (κ3) is 4.42. The molecule has 7 nitrogen and oxygen atoms in total. The van der Waals surface area contributed by atoms with Gasteiger partial charge in [0, 0.05) is 38.6 Å². The standard InChI is InChI=1S/C21H29N5O2/c1-5-15(3)28-14-16-8-7-9-17(12-16)26-11-10-25(4)19-18(20(26)27)13-23-21(24-19)22-6-2/h7-9,12-13,15H,5-6,10-11,14H2,1-4H3,(H,22,23,24). The molecule has 0 fully saturated rings. The number of anilines is 3. The molecule has 1 aromatic carbocycles. The Hall–Kier alpha value is -2.67. The largest absolute Gasteiger partial charge is 0.374 e. The van der Waals surface area contributed by atoms with Crippen LogP contribution in [0.3, 0.4) is 0 Å². The highest BCUT2D eigenvalue weighted by Gasteiger charge is 2.28. The minimum Gasteiger partial charge on any atom is -0.374 e. The van der Waals surface area contributed by atoms with Crippen LogP contribution in [-0.2, 0) is 11.3 Å². The summed E-state index contributed by atoms with van der Waals surface area (Å²) in [7, 11) is 1.95. The molecule has 1 aromatic heterocycles. The van der Waals surface area contributed by atoms with Crippen molar-refractivity contribution < 1.29 is 9.53 Å². The van der Waals surface area contributed by atoms with Crippen molar-refractivity contribution in [2.45, 2.75) is 39.9 Å². The van der Waals surface area contributed by atoms with Gasteiger partial charge in [-0.25, -0.2) is 4.98 Å². The molecule has 0 saturated heterocycles. The zero-order valence-corrected chi connectivity index (χ0v) is 17.1. The molecule has 2 aromatic rings. The molecule has 0 bridgehead atoms. The average Bonchev–Trinajstić information content (AvgIpc) is 2.83. The highest BCUT2D eigenvalue weighted by atomic mass is 16.5. The van der Waals surface area contributed by atoms with E-state index in [1.54, 1.807) is 11.1 Å². The van der Waals surface area contributed by atoms with Crippen LogP contribution in [0.2, 0.25) is 0 Å². The van der Waals surface area contributed by atoms with E-state index in [0.29, 0.717) is 37.0 Å². The van der Waals surface area contributed by atoms with Crippen LogP contribution in [0, 0.1) is 0 Å². The van der Waals surface area contributed by atoms with Gasteiger partial charge < -0.3 is 19.9 Å². The molecule has 7 heteroatoms. The molecule has 1 atom stereocenters. The van der Waals surface area contributed by atoms with Crippen molar-refractivity contribution in [3.63, 3.8) is 0 Å². The third-order valence-corrected chi connectivity index (χ3v) is 4.93. The molecule has 0 radical (unpaired) electrons. The molecule has 150 valence electrons. The van der Waals surface area contributed by atoms with Gasteiger partial charge in [-0.05, 0) is 38.0 Å². The second-order valence-electron chi connectivity index (χ2n) is 7.04. The number of hydrogen-bond donors (Lipinski definition) is 1. The fraction of sp³-hybridized carbons (Fsp3) is 0.476. The Balaban J connectivity index is 1.86. The van der Waals surface area contributed by atoms with Crippen molar-refractivity contribution in [2.75, 3.05) is 41.8 Å². The van der Waals surface area contributed by atoms with E-state index in [2.05, 4.69) is 29.1 Å². The maximum atomic E-state index is 13.2. The molecule has 0 aliphatic carbocycles. The summed E-state index contributed by atoms with van der Waals surface area (Å²) >= 11 is 0. The number of aromatic nitrogens is 2. The Morgan fingerprint density at radius 3 is 2.86 bits per heavy atom. The number of carbonyl (C=O) groups excluding carboxylic acids is 1. The van der Waals surface area contributed by atoms with Gasteiger partial charge in [-0.2, -0.15) is 4.98 Å². The smallest absolute Gasteiger partial charge is 0.263 e. The molecular formula is C21H29N5O2. The Kier molecular flexibility index (Phi) is 6.46. The Morgan fingerprint density at radius 2 is 2.11 bits per heavy atom. The number of fused-ring (bicyclic) bond motifs is 1. The normalized spacial score (nSPS) is 15.2. The monoisotopic (exact) mass is 383 g/mol. The second-order valence-corrected chi connectivity index (χ2v) is 7.04. The van der Waals surface area contributed by atoms with Crippen molar-refractivity contribution in [1.82, 2.24) is 9.97 Å². The summed E-state index contributed by atoms with van der Waals surface area (Å²) in [6, 6.07) is 7.99. The Bertz CT molecular complexity index is 826. The highest BCUT2D eigenvalue weighted by molar-refractivity contribution is 6.09. The molecule has 2 heterocycles. The van der Waals surface area contributed by atoms with Crippen molar-refractivity contribution in [1.29, 1.82) is 0 Å². The van der Waals surface area contributed by atoms with Crippen molar-refractivity contribution >= 4 is 23.4 Å². The van der Waals surface area contributed by atoms with E-state index in [4.69, 9.17) is 4.74 Å². The maximum absolute atomic E-state index is 13.2. The number of likely N-dealkylation sites (N-methyl/N-ethyl adjacent to an activating group) is 1. The lowest BCUT2D eigenvalue weighted by Gasteiger charge is -2.22. The number of amides is 1. The first-order chi connectivity index (χ1) is 13.5. The second kappa shape index (κ2) is 9.01. The first-order valence-corrected chi connectivity index (χ1v) is 9.87. The fourth-order valence-electron chi connectivity index (χ4n) is 3.08. The third-order valence-electron chi connectivity index (χ3n) is 4.93. The molecule has 1 aliphatic heterocycles. The molecule has 3 rings (SSSR count). The summed E-state index contributed by atoms with van der Waals surface area (Å²) in [5.74, 6) is 1.12. The van der Waals surface area contributed by atoms with E-state index in [1.165, 1.54) is 0 Å². The number of benzene rings is 1. The number of nitrogens with zero attached hydrogens (tertiary/aromatic N) is 4. The van der Waals surface area contributed by atoms with E-state index in [-0.39, 0.29) is 12.0 Å². The predicted molar refractivity (Wildman–Crippen MR) is 112 cm³/mol. The van der Waals surface area contributed by atoms with E-state index >= 15 is 0 Å². The van der Waals surface area contributed by atoms with Gasteiger partial charge in [-0.15, -0.1) is 0 Å². The van der Waals surface area contributed by atoms with Crippen LogP contribution < -0.4 is 15.1 Å². The maximum Gasteiger partial charge on any atom is 0.263 e. The number of hydrogen-bond acceptors (Lipinski definition) is 6. The van der Waals surface area contributed by atoms with Crippen LogP contribution in [0.15, 0.2) is 30.5 Å². The predicted octanol–water partition coefficient (Wildman–Crippen LogP) is 3.32. The van der Waals surface area contributed by atoms with Gasteiger partial charge in [-0.1, -0.05) is 19.1 Å². The Labute approximate surface area is 166 Å². The molecule has 1 unspecified atom stereocenters. The van der Waals surface area contributed by atoms with Gasteiger partial charge in [0.2, 0.25) is 5.95 Å².